The maximum Gasteiger partial charge on any atom is 0.264 e. The lowest BCUT2D eigenvalue weighted by molar-refractivity contribution is -0.118. The van der Waals surface area contributed by atoms with E-state index in [4.69, 9.17) is 4.74 Å². The van der Waals surface area contributed by atoms with Gasteiger partial charge in [0, 0.05) is 10.9 Å². The second kappa shape index (κ2) is 7.91. The van der Waals surface area contributed by atoms with Gasteiger partial charge in [-0.1, -0.05) is 29.8 Å². The fourth-order valence-electron chi connectivity index (χ4n) is 3.48. The van der Waals surface area contributed by atoms with Gasteiger partial charge in [-0.05, 0) is 62.9 Å². The van der Waals surface area contributed by atoms with Gasteiger partial charge in [-0.15, -0.1) is 16.4 Å². The highest BCUT2D eigenvalue weighted by Gasteiger charge is 2.15. The van der Waals surface area contributed by atoms with Crippen molar-refractivity contribution in [3.63, 3.8) is 0 Å². The van der Waals surface area contributed by atoms with E-state index in [-0.39, 0.29) is 18.5 Å². The third-order valence-electron chi connectivity index (χ3n) is 5.11. The van der Waals surface area contributed by atoms with Crippen LogP contribution in [0, 0.1) is 34.6 Å². The Morgan fingerprint density at radius 2 is 1.83 bits per heavy atom. The zero-order valence-corrected chi connectivity index (χ0v) is 18.6. The van der Waals surface area contributed by atoms with Crippen molar-refractivity contribution in [2.75, 3.05) is 11.9 Å². The predicted molar refractivity (Wildman–Crippen MR) is 121 cm³/mol. The Hall–Kier alpha value is -3.19. The summed E-state index contributed by atoms with van der Waals surface area (Å²) in [5, 5.41) is 9.25. The minimum absolute atomic E-state index is 0.0967. The third kappa shape index (κ3) is 3.93. The van der Waals surface area contributed by atoms with E-state index in [0.29, 0.717) is 0 Å². The number of nitrogens with one attached hydrogen (secondary N) is 1. The van der Waals surface area contributed by atoms with Gasteiger partial charge in [0.15, 0.2) is 6.61 Å². The molecule has 154 valence electrons. The number of carbonyl (C=O) groups is 1. The average molecular weight is 421 g/mol. The number of hydrogen-bond acceptors (Lipinski definition) is 5. The molecule has 1 N–H and O–H groups in total. The molecule has 1 amide bonds. The summed E-state index contributed by atoms with van der Waals surface area (Å²) in [4.78, 5) is 17.5. The first-order valence-electron chi connectivity index (χ1n) is 9.74. The van der Waals surface area contributed by atoms with E-state index in [1.807, 2.05) is 32.2 Å². The average Bonchev–Trinajstić information content (AvgIpc) is 3.24. The van der Waals surface area contributed by atoms with Gasteiger partial charge >= 0.3 is 0 Å². The van der Waals surface area contributed by atoms with Gasteiger partial charge in [-0.2, -0.15) is 4.98 Å². The highest BCUT2D eigenvalue weighted by molar-refractivity contribution is 7.15. The molecular weight excluding hydrogens is 396 g/mol. The molecule has 0 unspecified atom stereocenters. The Bertz CT molecular complexity index is 1260. The van der Waals surface area contributed by atoms with Gasteiger partial charge in [0.05, 0.1) is 5.69 Å². The molecule has 0 saturated carbocycles. The van der Waals surface area contributed by atoms with Gasteiger partial charge in [-0.3, -0.25) is 10.1 Å². The quantitative estimate of drug-likeness (QED) is 0.492. The number of carbonyl (C=O) groups excluding carboxylic acids is 1. The number of thiazole rings is 1. The first kappa shape index (κ1) is 20.1. The second-order valence-corrected chi connectivity index (χ2v) is 8.45. The highest BCUT2D eigenvalue weighted by atomic mass is 32.1. The van der Waals surface area contributed by atoms with Crippen LogP contribution in [0.3, 0.4) is 0 Å². The van der Waals surface area contributed by atoms with E-state index in [2.05, 4.69) is 53.5 Å². The molecular formula is C23H24N4O2S. The molecule has 6 nitrogen and oxygen atoms in total. The molecule has 4 rings (SSSR count). The molecule has 0 atom stereocenters. The van der Waals surface area contributed by atoms with Crippen LogP contribution in [0.25, 0.3) is 16.2 Å². The van der Waals surface area contributed by atoms with Crippen molar-refractivity contribution < 1.29 is 9.53 Å². The SMILES string of the molecule is Cc1ccc(-c2csc3nc(NC(=O)COc4cc(C)cc(C)c4C)nn23)c(C)c1. The van der Waals surface area contributed by atoms with Crippen molar-refractivity contribution >= 4 is 28.2 Å². The fraction of sp³-hybridized carbons (Fsp3) is 0.261. The van der Waals surface area contributed by atoms with Crippen molar-refractivity contribution in [3.8, 4) is 17.0 Å². The normalized spacial score (nSPS) is 11.1. The van der Waals surface area contributed by atoms with E-state index in [9.17, 15) is 4.79 Å². The van der Waals surface area contributed by atoms with Crippen LogP contribution in [0.15, 0.2) is 35.7 Å². The number of nitrogens with zero attached hydrogens (tertiary/aromatic N) is 3. The largest absolute Gasteiger partial charge is 0.483 e. The molecule has 4 aromatic rings. The lowest BCUT2D eigenvalue weighted by Crippen LogP contribution is -2.21. The first-order valence-corrected chi connectivity index (χ1v) is 10.6. The zero-order valence-electron chi connectivity index (χ0n) is 17.7. The maximum absolute atomic E-state index is 12.4. The first-order chi connectivity index (χ1) is 14.3. The zero-order chi connectivity index (χ0) is 21.4. The fourth-order valence-corrected chi connectivity index (χ4v) is 4.30. The number of fused-ring (bicyclic) bond motifs is 1. The lowest BCUT2D eigenvalue weighted by Gasteiger charge is -2.11. The molecule has 2 heterocycles. The lowest BCUT2D eigenvalue weighted by atomic mass is 10.0. The van der Waals surface area contributed by atoms with Crippen LogP contribution in [-0.4, -0.2) is 27.1 Å². The summed E-state index contributed by atoms with van der Waals surface area (Å²) < 4.78 is 7.51. The number of ether oxygens (including phenoxy) is 1. The smallest absolute Gasteiger partial charge is 0.264 e. The number of aryl methyl sites for hydroxylation is 4. The van der Waals surface area contributed by atoms with E-state index >= 15 is 0 Å². The number of anilines is 1. The van der Waals surface area contributed by atoms with Gasteiger partial charge in [-0.25, -0.2) is 4.52 Å². The summed E-state index contributed by atoms with van der Waals surface area (Å²) in [6.07, 6.45) is 0. The van der Waals surface area contributed by atoms with Crippen LogP contribution in [0.4, 0.5) is 5.95 Å². The van der Waals surface area contributed by atoms with E-state index < -0.39 is 0 Å². The van der Waals surface area contributed by atoms with Crippen molar-refractivity contribution in [2.24, 2.45) is 0 Å². The van der Waals surface area contributed by atoms with Crippen molar-refractivity contribution in [1.29, 1.82) is 0 Å². The Kier molecular flexibility index (Phi) is 5.30. The van der Waals surface area contributed by atoms with Gasteiger partial charge in [0.2, 0.25) is 4.96 Å². The maximum atomic E-state index is 12.4. The van der Waals surface area contributed by atoms with Crippen molar-refractivity contribution in [3.05, 3.63) is 63.5 Å². The summed E-state index contributed by atoms with van der Waals surface area (Å²) in [5.74, 6) is 0.706. The minimum atomic E-state index is -0.292. The molecule has 0 aliphatic carbocycles. The second-order valence-electron chi connectivity index (χ2n) is 7.61. The molecule has 0 saturated heterocycles. The Morgan fingerprint density at radius 1 is 1.07 bits per heavy atom. The van der Waals surface area contributed by atoms with Gasteiger partial charge in [0.1, 0.15) is 5.75 Å². The third-order valence-corrected chi connectivity index (χ3v) is 5.93. The molecule has 0 aliphatic rings. The number of amides is 1. The molecule has 0 radical (unpaired) electrons. The number of rotatable bonds is 5. The summed E-state index contributed by atoms with van der Waals surface area (Å²) in [6.45, 7) is 10.1. The Morgan fingerprint density at radius 3 is 2.60 bits per heavy atom. The van der Waals surface area contributed by atoms with Crippen LogP contribution in [0.5, 0.6) is 5.75 Å². The number of benzene rings is 2. The summed E-state index contributed by atoms with van der Waals surface area (Å²) in [7, 11) is 0. The van der Waals surface area contributed by atoms with Crippen LogP contribution in [0.2, 0.25) is 0 Å². The van der Waals surface area contributed by atoms with E-state index in [1.54, 1.807) is 4.52 Å². The standard InChI is InChI=1S/C23H24N4O2S/c1-13-6-7-18(16(4)8-13)19-12-30-23-25-22(26-27(19)23)24-21(28)11-29-20-10-14(2)9-15(3)17(20)5/h6-10,12H,11H2,1-5H3,(H,24,26,28). The van der Waals surface area contributed by atoms with Crippen molar-refractivity contribution in [2.45, 2.75) is 34.6 Å². The monoisotopic (exact) mass is 420 g/mol. The molecule has 0 bridgehead atoms. The predicted octanol–water partition coefficient (Wildman–Crippen LogP) is 5.02. The summed E-state index contributed by atoms with van der Waals surface area (Å²) >= 11 is 1.49. The molecule has 30 heavy (non-hydrogen) atoms. The van der Waals surface area contributed by atoms with E-state index in [1.165, 1.54) is 22.5 Å². The molecule has 2 aromatic heterocycles. The Balaban J connectivity index is 1.49. The van der Waals surface area contributed by atoms with Gasteiger partial charge < -0.3 is 4.74 Å². The summed E-state index contributed by atoms with van der Waals surface area (Å²) in [5.41, 5.74) is 7.73. The number of aromatic nitrogens is 3. The Labute approximate surface area is 179 Å². The minimum Gasteiger partial charge on any atom is -0.483 e. The van der Waals surface area contributed by atoms with E-state index in [0.717, 1.165) is 38.7 Å². The topological polar surface area (TPSA) is 68.5 Å². The molecule has 0 fully saturated rings. The van der Waals surface area contributed by atoms with Crippen molar-refractivity contribution in [1.82, 2.24) is 14.6 Å². The van der Waals surface area contributed by atoms with Crippen LogP contribution in [0.1, 0.15) is 27.8 Å². The highest BCUT2D eigenvalue weighted by Crippen LogP contribution is 2.29. The van der Waals surface area contributed by atoms with Crippen LogP contribution < -0.4 is 10.1 Å². The molecule has 7 heteroatoms. The molecule has 0 spiro atoms. The molecule has 0 aliphatic heterocycles. The van der Waals surface area contributed by atoms with Crippen LogP contribution >= 0.6 is 11.3 Å². The summed E-state index contributed by atoms with van der Waals surface area (Å²) in [6, 6.07) is 10.3. The molecule has 2 aromatic carbocycles. The number of hydrogen-bond donors (Lipinski definition) is 1. The van der Waals surface area contributed by atoms with Crippen LogP contribution in [-0.2, 0) is 4.79 Å². The van der Waals surface area contributed by atoms with Gasteiger partial charge in [0.25, 0.3) is 11.9 Å².